The van der Waals surface area contributed by atoms with Gasteiger partial charge in [-0.2, -0.15) is 11.8 Å². The van der Waals surface area contributed by atoms with E-state index in [1.807, 2.05) is 12.1 Å². The predicted octanol–water partition coefficient (Wildman–Crippen LogP) is 2.09. The number of thioether (sulfide) groups is 1. The predicted molar refractivity (Wildman–Crippen MR) is 85.5 cm³/mol. The molecule has 0 bridgehead atoms. The van der Waals surface area contributed by atoms with Crippen molar-refractivity contribution < 1.29 is 9.90 Å². The summed E-state index contributed by atoms with van der Waals surface area (Å²) >= 11 is 1.73. The van der Waals surface area contributed by atoms with Crippen LogP contribution >= 0.6 is 11.8 Å². The summed E-state index contributed by atoms with van der Waals surface area (Å²) in [5, 5.41) is 16.1. The average molecular weight is 306 g/mol. The van der Waals surface area contributed by atoms with Crippen LogP contribution in [0.2, 0.25) is 0 Å². The molecule has 1 aromatic rings. The van der Waals surface area contributed by atoms with Gasteiger partial charge in [0.2, 0.25) is 0 Å². The summed E-state index contributed by atoms with van der Waals surface area (Å²) in [6.07, 6.45) is 1.75. The van der Waals surface area contributed by atoms with Crippen molar-refractivity contribution in [3.63, 3.8) is 0 Å². The Kier molecular flexibility index (Phi) is 4.13. The Hall–Kier alpha value is -1.20. The summed E-state index contributed by atoms with van der Waals surface area (Å²) in [5.74, 6) is 2.07. The van der Waals surface area contributed by atoms with Gasteiger partial charge in [0.1, 0.15) is 0 Å². The van der Waals surface area contributed by atoms with Crippen LogP contribution in [0.3, 0.4) is 0 Å². The second-order valence-corrected chi connectivity index (χ2v) is 7.32. The lowest BCUT2D eigenvalue weighted by Crippen LogP contribution is -2.47. The molecule has 3 atom stereocenters. The van der Waals surface area contributed by atoms with Crippen molar-refractivity contribution >= 4 is 17.8 Å². The Morgan fingerprint density at radius 3 is 3.05 bits per heavy atom. The van der Waals surface area contributed by atoms with Crippen LogP contribution in [0.4, 0.5) is 4.79 Å². The molecule has 1 aromatic carbocycles. The standard InChI is InChI=1S/C16H22N2O2S/c1-11-8-12-4-2-3-5-13(12)14(11)18-15(19)17-9-16(20)6-7-21-10-16/h2-5,11,14,20H,6-10H2,1H3,(H2,17,18,19)/t11-,14+,16+/m1/s1. The fourth-order valence-corrected chi connectivity index (χ4v) is 4.48. The number of carbonyl (C=O) groups is 1. The molecule has 1 aliphatic heterocycles. The Bertz CT molecular complexity index is 529. The largest absolute Gasteiger partial charge is 0.387 e. The van der Waals surface area contributed by atoms with Crippen LogP contribution in [0.1, 0.15) is 30.5 Å². The molecule has 1 aliphatic carbocycles. The molecule has 3 rings (SSSR count). The fraction of sp³-hybridized carbons (Fsp3) is 0.562. The normalized spacial score (nSPS) is 31.0. The molecule has 0 spiro atoms. The third-order valence-corrected chi connectivity index (χ3v) is 5.68. The molecular weight excluding hydrogens is 284 g/mol. The molecule has 2 aliphatic rings. The van der Waals surface area contributed by atoms with Gasteiger partial charge in [-0.05, 0) is 35.6 Å². The SMILES string of the molecule is C[C@@H]1Cc2ccccc2[C@H]1NC(=O)NC[C@@]1(O)CCSC1. The van der Waals surface area contributed by atoms with Gasteiger partial charge in [-0.3, -0.25) is 0 Å². The molecule has 3 N–H and O–H groups in total. The number of rotatable bonds is 3. The number of nitrogens with one attached hydrogen (secondary N) is 2. The summed E-state index contributed by atoms with van der Waals surface area (Å²) in [7, 11) is 0. The number of fused-ring (bicyclic) bond motifs is 1. The van der Waals surface area contributed by atoms with Crippen molar-refractivity contribution in [3.8, 4) is 0 Å². The summed E-state index contributed by atoms with van der Waals surface area (Å²) in [6, 6.07) is 8.15. The molecule has 21 heavy (non-hydrogen) atoms. The maximum atomic E-state index is 12.1. The maximum absolute atomic E-state index is 12.1. The first-order valence-corrected chi connectivity index (χ1v) is 8.65. The lowest BCUT2D eigenvalue weighted by Gasteiger charge is -2.24. The van der Waals surface area contributed by atoms with E-state index in [1.54, 1.807) is 11.8 Å². The topological polar surface area (TPSA) is 61.4 Å². The van der Waals surface area contributed by atoms with E-state index in [9.17, 15) is 9.90 Å². The zero-order chi connectivity index (χ0) is 14.9. The number of amides is 2. The molecule has 4 nitrogen and oxygen atoms in total. The zero-order valence-electron chi connectivity index (χ0n) is 12.3. The molecule has 1 heterocycles. The summed E-state index contributed by atoms with van der Waals surface area (Å²) in [6.45, 7) is 2.49. The highest BCUT2D eigenvalue weighted by atomic mass is 32.2. The molecule has 1 saturated heterocycles. The van der Waals surface area contributed by atoms with Crippen molar-refractivity contribution in [1.82, 2.24) is 10.6 Å². The highest BCUT2D eigenvalue weighted by Gasteiger charge is 2.33. The Morgan fingerprint density at radius 2 is 2.29 bits per heavy atom. The van der Waals surface area contributed by atoms with Crippen LogP contribution in [0.15, 0.2) is 24.3 Å². The van der Waals surface area contributed by atoms with Crippen LogP contribution in [-0.4, -0.2) is 34.8 Å². The van der Waals surface area contributed by atoms with E-state index in [-0.39, 0.29) is 12.1 Å². The summed E-state index contributed by atoms with van der Waals surface area (Å²) in [5.41, 5.74) is 1.80. The van der Waals surface area contributed by atoms with Crippen molar-refractivity contribution in [2.75, 3.05) is 18.1 Å². The molecular formula is C16H22N2O2S. The monoisotopic (exact) mass is 306 g/mol. The summed E-state index contributed by atoms with van der Waals surface area (Å²) in [4.78, 5) is 12.1. The second kappa shape index (κ2) is 5.89. The lowest BCUT2D eigenvalue weighted by atomic mass is 10.0. The van der Waals surface area contributed by atoms with Gasteiger partial charge in [-0.15, -0.1) is 0 Å². The highest BCUT2D eigenvalue weighted by Crippen LogP contribution is 2.35. The van der Waals surface area contributed by atoms with Gasteiger partial charge >= 0.3 is 6.03 Å². The molecule has 0 radical (unpaired) electrons. The van der Waals surface area contributed by atoms with Gasteiger partial charge in [-0.25, -0.2) is 4.79 Å². The van der Waals surface area contributed by atoms with Gasteiger partial charge in [0, 0.05) is 12.3 Å². The van der Waals surface area contributed by atoms with E-state index in [0.29, 0.717) is 18.2 Å². The number of benzene rings is 1. The van der Waals surface area contributed by atoms with Gasteiger partial charge in [0.15, 0.2) is 0 Å². The van der Waals surface area contributed by atoms with Crippen LogP contribution in [-0.2, 0) is 6.42 Å². The third-order valence-electron chi connectivity index (χ3n) is 4.45. The van der Waals surface area contributed by atoms with Crippen molar-refractivity contribution in [1.29, 1.82) is 0 Å². The smallest absolute Gasteiger partial charge is 0.315 e. The van der Waals surface area contributed by atoms with Crippen molar-refractivity contribution in [3.05, 3.63) is 35.4 Å². The van der Waals surface area contributed by atoms with Gasteiger partial charge in [0.05, 0.1) is 11.6 Å². The third kappa shape index (κ3) is 3.19. The maximum Gasteiger partial charge on any atom is 0.315 e. The van der Waals surface area contributed by atoms with Crippen molar-refractivity contribution in [2.45, 2.75) is 31.4 Å². The van der Waals surface area contributed by atoms with E-state index >= 15 is 0 Å². The number of hydrogen-bond donors (Lipinski definition) is 3. The minimum Gasteiger partial charge on any atom is -0.387 e. The van der Waals surface area contributed by atoms with Crippen LogP contribution in [0, 0.1) is 5.92 Å². The molecule has 1 fully saturated rings. The molecule has 0 aromatic heterocycles. The van der Waals surface area contributed by atoms with E-state index < -0.39 is 5.60 Å². The van der Waals surface area contributed by atoms with Gasteiger partial charge in [-0.1, -0.05) is 31.2 Å². The van der Waals surface area contributed by atoms with E-state index in [0.717, 1.165) is 18.6 Å². The lowest BCUT2D eigenvalue weighted by molar-refractivity contribution is 0.0698. The first-order chi connectivity index (χ1) is 10.1. The molecule has 5 heteroatoms. The summed E-state index contributed by atoms with van der Waals surface area (Å²) < 4.78 is 0. The highest BCUT2D eigenvalue weighted by molar-refractivity contribution is 7.99. The first kappa shape index (κ1) is 14.7. The van der Waals surface area contributed by atoms with Crippen LogP contribution in [0.5, 0.6) is 0 Å². The Balaban J connectivity index is 1.58. The van der Waals surface area contributed by atoms with Gasteiger partial charge < -0.3 is 15.7 Å². The number of urea groups is 1. The number of hydrogen-bond acceptors (Lipinski definition) is 3. The minimum atomic E-state index is -0.735. The second-order valence-electron chi connectivity index (χ2n) is 6.21. The molecule has 114 valence electrons. The molecule has 0 unspecified atom stereocenters. The zero-order valence-corrected chi connectivity index (χ0v) is 13.1. The Labute approximate surface area is 129 Å². The van der Waals surface area contributed by atoms with E-state index in [1.165, 1.54) is 11.1 Å². The van der Waals surface area contributed by atoms with Crippen LogP contribution < -0.4 is 10.6 Å². The number of carbonyl (C=O) groups excluding carboxylic acids is 1. The molecule has 0 saturated carbocycles. The van der Waals surface area contributed by atoms with E-state index in [2.05, 4.69) is 29.7 Å². The fourth-order valence-electron chi connectivity index (χ4n) is 3.19. The van der Waals surface area contributed by atoms with Crippen LogP contribution in [0.25, 0.3) is 0 Å². The first-order valence-electron chi connectivity index (χ1n) is 7.50. The van der Waals surface area contributed by atoms with Crippen molar-refractivity contribution in [2.24, 2.45) is 5.92 Å². The van der Waals surface area contributed by atoms with Gasteiger partial charge in [0.25, 0.3) is 0 Å². The average Bonchev–Trinajstić information content (AvgIpc) is 3.03. The minimum absolute atomic E-state index is 0.0637. The van der Waals surface area contributed by atoms with E-state index in [4.69, 9.17) is 0 Å². The number of aliphatic hydroxyl groups is 1. The Morgan fingerprint density at radius 1 is 1.48 bits per heavy atom. The molecule has 2 amide bonds. The quantitative estimate of drug-likeness (QED) is 0.801.